The fraction of sp³-hybridized carbons (Fsp3) is 1.00. The summed E-state index contributed by atoms with van der Waals surface area (Å²) in [7, 11) is 0. The van der Waals surface area contributed by atoms with Gasteiger partial charge in [-0.25, -0.2) is 0 Å². The maximum Gasteiger partial charge on any atom is 0.0434 e. The highest BCUT2D eigenvalue weighted by atomic mass is 35.5. The molecule has 1 saturated heterocycles. The number of aliphatic hydroxyl groups excluding tert-OH is 1. The zero-order chi connectivity index (χ0) is 6.53. The Morgan fingerprint density at radius 3 is 2.80 bits per heavy atom. The lowest BCUT2D eigenvalue weighted by molar-refractivity contribution is 0.237. The number of hydrogen-bond donors (Lipinski definition) is 2. The molecule has 0 saturated carbocycles. The number of halogens is 1. The van der Waals surface area contributed by atoms with E-state index in [1.807, 2.05) is 0 Å². The Bertz CT molecular complexity index is 71.3. The van der Waals surface area contributed by atoms with Crippen molar-refractivity contribution in [2.75, 3.05) is 19.7 Å². The van der Waals surface area contributed by atoms with Crippen molar-refractivity contribution in [3.63, 3.8) is 0 Å². The monoisotopic (exact) mass is 165 g/mol. The van der Waals surface area contributed by atoms with Gasteiger partial charge in [-0.15, -0.1) is 12.4 Å². The SMILES string of the molecule is Cl.OCC[C@H]1CCCNC1. The predicted octanol–water partition coefficient (Wildman–Crippen LogP) is 0.790. The molecule has 0 aliphatic carbocycles. The van der Waals surface area contributed by atoms with E-state index in [2.05, 4.69) is 5.32 Å². The van der Waals surface area contributed by atoms with E-state index >= 15 is 0 Å². The molecule has 0 spiro atoms. The molecule has 10 heavy (non-hydrogen) atoms. The Kier molecular flexibility index (Phi) is 6.08. The van der Waals surface area contributed by atoms with Crippen molar-refractivity contribution in [3.05, 3.63) is 0 Å². The first kappa shape index (κ1) is 10.2. The van der Waals surface area contributed by atoms with E-state index in [0.29, 0.717) is 6.61 Å². The summed E-state index contributed by atoms with van der Waals surface area (Å²) >= 11 is 0. The van der Waals surface area contributed by atoms with Crippen LogP contribution in [0.4, 0.5) is 0 Å². The minimum Gasteiger partial charge on any atom is -0.396 e. The topological polar surface area (TPSA) is 32.3 Å². The molecule has 0 aromatic carbocycles. The zero-order valence-corrected chi connectivity index (χ0v) is 6.99. The number of aliphatic hydroxyl groups is 1. The third-order valence-corrected chi connectivity index (χ3v) is 1.94. The Balaban J connectivity index is 0.000000810. The van der Waals surface area contributed by atoms with E-state index < -0.39 is 0 Å². The van der Waals surface area contributed by atoms with Crippen LogP contribution in [0.2, 0.25) is 0 Å². The Labute approximate surface area is 68.4 Å². The summed E-state index contributed by atoms with van der Waals surface area (Å²) in [6.07, 6.45) is 3.56. The van der Waals surface area contributed by atoms with Gasteiger partial charge in [0, 0.05) is 6.61 Å². The van der Waals surface area contributed by atoms with Crippen molar-refractivity contribution in [1.29, 1.82) is 0 Å². The Morgan fingerprint density at radius 1 is 1.50 bits per heavy atom. The molecule has 1 atom stereocenters. The number of piperidine rings is 1. The summed E-state index contributed by atoms with van der Waals surface area (Å²) in [4.78, 5) is 0. The fourth-order valence-corrected chi connectivity index (χ4v) is 1.35. The minimum atomic E-state index is 0. The molecule has 62 valence electrons. The average Bonchev–Trinajstić information content (AvgIpc) is 1.91. The Hall–Kier alpha value is 0.210. The molecule has 0 unspecified atom stereocenters. The molecule has 2 N–H and O–H groups in total. The van der Waals surface area contributed by atoms with Crippen molar-refractivity contribution in [1.82, 2.24) is 5.32 Å². The van der Waals surface area contributed by atoms with Gasteiger partial charge in [0.25, 0.3) is 0 Å². The molecule has 1 fully saturated rings. The van der Waals surface area contributed by atoms with Crippen LogP contribution in [0.15, 0.2) is 0 Å². The van der Waals surface area contributed by atoms with Crippen molar-refractivity contribution in [3.8, 4) is 0 Å². The molecule has 1 rings (SSSR count). The van der Waals surface area contributed by atoms with Crippen LogP contribution in [-0.2, 0) is 0 Å². The molecule has 3 heteroatoms. The molecule has 0 radical (unpaired) electrons. The lowest BCUT2D eigenvalue weighted by atomic mass is 9.97. The maximum absolute atomic E-state index is 8.59. The minimum absolute atomic E-state index is 0. The second-order valence-electron chi connectivity index (χ2n) is 2.72. The smallest absolute Gasteiger partial charge is 0.0434 e. The molecule has 0 aromatic heterocycles. The molecule has 0 aromatic rings. The van der Waals surface area contributed by atoms with Crippen molar-refractivity contribution in [2.45, 2.75) is 19.3 Å². The highest BCUT2D eigenvalue weighted by Gasteiger charge is 2.10. The van der Waals surface area contributed by atoms with Gasteiger partial charge >= 0.3 is 0 Å². The molecule has 1 aliphatic heterocycles. The fourth-order valence-electron chi connectivity index (χ4n) is 1.35. The molecular formula is C7H16ClNO. The van der Waals surface area contributed by atoms with Gasteiger partial charge in [-0.2, -0.15) is 0 Å². The third-order valence-electron chi connectivity index (χ3n) is 1.94. The second-order valence-corrected chi connectivity index (χ2v) is 2.72. The maximum atomic E-state index is 8.59. The third kappa shape index (κ3) is 3.40. The summed E-state index contributed by atoms with van der Waals surface area (Å²) in [5.41, 5.74) is 0. The number of rotatable bonds is 2. The highest BCUT2D eigenvalue weighted by Crippen LogP contribution is 2.12. The van der Waals surface area contributed by atoms with E-state index in [1.54, 1.807) is 0 Å². The lowest BCUT2D eigenvalue weighted by Crippen LogP contribution is -2.30. The summed E-state index contributed by atoms with van der Waals surface area (Å²) < 4.78 is 0. The van der Waals surface area contributed by atoms with Gasteiger partial charge in [0.15, 0.2) is 0 Å². The van der Waals surface area contributed by atoms with Gasteiger partial charge < -0.3 is 10.4 Å². The van der Waals surface area contributed by atoms with Gasteiger partial charge in [0.2, 0.25) is 0 Å². The van der Waals surface area contributed by atoms with Gasteiger partial charge in [0.1, 0.15) is 0 Å². The van der Waals surface area contributed by atoms with Gasteiger partial charge in [-0.1, -0.05) is 0 Å². The average molecular weight is 166 g/mol. The molecular weight excluding hydrogens is 150 g/mol. The van der Waals surface area contributed by atoms with Crippen LogP contribution < -0.4 is 5.32 Å². The van der Waals surface area contributed by atoms with E-state index in [9.17, 15) is 0 Å². The first-order valence-corrected chi connectivity index (χ1v) is 3.75. The highest BCUT2D eigenvalue weighted by molar-refractivity contribution is 5.85. The van der Waals surface area contributed by atoms with Crippen LogP contribution >= 0.6 is 12.4 Å². The quantitative estimate of drug-likeness (QED) is 0.634. The Morgan fingerprint density at radius 2 is 2.30 bits per heavy atom. The van der Waals surface area contributed by atoms with E-state index in [0.717, 1.165) is 18.9 Å². The van der Waals surface area contributed by atoms with E-state index in [-0.39, 0.29) is 12.4 Å². The lowest BCUT2D eigenvalue weighted by Gasteiger charge is -2.21. The normalized spacial score (nSPS) is 25.5. The number of nitrogens with one attached hydrogen (secondary N) is 1. The van der Waals surface area contributed by atoms with Crippen molar-refractivity contribution < 1.29 is 5.11 Å². The van der Waals surface area contributed by atoms with Crippen LogP contribution in [0.3, 0.4) is 0 Å². The predicted molar refractivity (Wildman–Crippen MR) is 44.5 cm³/mol. The standard InChI is InChI=1S/C7H15NO.ClH/c9-5-3-7-2-1-4-8-6-7;/h7-9H,1-6H2;1H/t7-;/m1./s1. The number of hydrogen-bond acceptors (Lipinski definition) is 2. The van der Waals surface area contributed by atoms with Gasteiger partial charge in [-0.3, -0.25) is 0 Å². The summed E-state index contributed by atoms with van der Waals surface area (Å²) in [5.74, 6) is 0.740. The summed E-state index contributed by atoms with van der Waals surface area (Å²) in [6, 6.07) is 0. The van der Waals surface area contributed by atoms with Crippen LogP contribution in [0.5, 0.6) is 0 Å². The van der Waals surface area contributed by atoms with Crippen LogP contribution in [0, 0.1) is 5.92 Å². The second kappa shape index (κ2) is 5.96. The van der Waals surface area contributed by atoms with Gasteiger partial charge in [0.05, 0.1) is 0 Å². The van der Waals surface area contributed by atoms with Gasteiger partial charge in [-0.05, 0) is 38.3 Å². The largest absolute Gasteiger partial charge is 0.396 e. The first-order chi connectivity index (χ1) is 4.43. The molecule has 0 bridgehead atoms. The van der Waals surface area contributed by atoms with Crippen LogP contribution in [0.25, 0.3) is 0 Å². The molecule has 2 nitrogen and oxygen atoms in total. The molecule has 0 amide bonds. The van der Waals surface area contributed by atoms with E-state index in [4.69, 9.17) is 5.11 Å². The summed E-state index contributed by atoms with van der Waals surface area (Å²) in [6.45, 7) is 2.63. The van der Waals surface area contributed by atoms with Crippen molar-refractivity contribution in [2.24, 2.45) is 5.92 Å². The summed E-state index contributed by atoms with van der Waals surface area (Å²) in [5, 5.41) is 11.9. The van der Waals surface area contributed by atoms with Crippen molar-refractivity contribution >= 4 is 12.4 Å². The van der Waals surface area contributed by atoms with E-state index in [1.165, 1.54) is 19.4 Å². The first-order valence-electron chi connectivity index (χ1n) is 3.75. The van der Waals surface area contributed by atoms with Crippen LogP contribution in [-0.4, -0.2) is 24.8 Å². The van der Waals surface area contributed by atoms with Crippen LogP contribution in [0.1, 0.15) is 19.3 Å². The molecule has 1 heterocycles. The molecule has 1 aliphatic rings. The zero-order valence-electron chi connectivity index (χ0n) is 6.18.